The number of carbonyl (C=O) groups is 1. The van der Waals surface area contributed by atoms with Crippen LogP contribution in [0.5, 0.6) is 0 Å². The second kappa shape index (κ2) is 8.26. The van der Waals surface area contributed by atoms with E-state index in [1.807, 2.05) is 0 Å². The summed E-state index contributed by atoms with van der Waals surface area (Å²) in [4.78, 5) is 24.3. The number of unbranched alkanes of at least 4 members (excludes halogenated alkanes) is 2. The fourth-order valence-corrected chi connectivity index (χ4v) is 1.02. The fourth-order valence-electron chi connectivity index (χ4n) is 1.02. The van der Waals surface area contributed by atoms with Gasteiger partial charge < -0.3 is 4.74 Å². The zero-order chi connectivity index (χ0) is 10.8. The monoisotopic (exact) mass is 200 g/mol. The van der Waals surface area contributed by atoms with Crippen LogP contribution in [0.2, 0.25) is 0 Å². The van der Waals surface area contributed by atoms with Crippen molar-refractivity contribution in [3.05, 3.63) is 0 Å². The fraction of sp³-hybridized carbons (Fsp3) is 0.778. The average Bonchev–Trinajstić information content (AvgIpc) is 2.18. The molecule has 14 heavy (non-hydrogen) atoms. The third-order valence-corrected chi connectivity index (χ3v) is 1.76. The number of rotatable bonds is 6. The normalized spacial score (nSPS) is 11.3. The van der Waals surface area contributed by atoms with Crippen LogP contribution in [0.1, 0.15) is 32.6 Å². The zero-order valence-electron chi connectivity index (χ0n) is 8.58. The van der Waals surface area contributed by atoms with E-state index >= 15 is 0 Å². The lowest BCUT2D eigenvalue weighted by molar-refractivity contribution is 0.166. The Morgan fingerprint density at radius 2 is 2.29 bits per heavy atom. The molecule has 5 heteroatoms. The van der Waals surface area contributed by atoms with Gasteiger partial charge in [-0.15, -0.1) is 0 Å². The van der Waals surface area contributed by atoms with Crippen molar-refractivity contribution in [3.8, 4) is 0 Å². The van der Waals surface area contributed by atoms with Crippen LogP contribution in [-0.4, -0.2) is 25.4 Å². The summed E-state index contributed by atoms with van der Waals surface area (Å²) < 4.78 is 4.39. The predicted octanol–water partition coefficient (Wildman–Crippen LogP) is 1.58. The molecule has 1 atom stereocenters. The lowest BCUT2D eigenvalue weighted by atomic mass is 10.2. The van der Waals surface area contributed by atoms with E-state index in [-0.39, 0.29) is 0 Å². The molecule has 0 spiro atoms. The highest BCUT2D eigenvalue weighted by Gasteiger charge is 2.09. The summed E-state index contributed by atoms with van der Waals surface area (Å²) in [5, 5.41) is 2.44. The van der Waals surface area contributed by atoms with E-state index < -0.39 is 12.3 Å². The maximum atomic E-state index is 10.8. The first-order valence-corrected chi connectivity index (χ1v) is 4.66. The predicted molar refractivity (Wildman–Crippen MR) is 51.6 cm³/mol. The SMILES string of the molecule is CCCCCC(N=C=O)NC(=O)OC. The molecule has 0 rings (SSSR count). The molecule has 0 aromatic carbocycles. The molecular formula is C9H16N2O3. The summed E-state index contributed by atoms with van der Waals surface area (Å²) in [5.74, 6) is 0. The lowest BCUT2D eigenvalue weighted by Crippen LogP contribution is -2.33. The second-order valence-electron chi connectivity index (χ2n) is 2.87. The van der Waals surface area contributed by atoms with Crippen LogP contribution in [0, 0.1) is 0 Å². The van der Waals surface area contributed by atoms with Gasteiger partial charge in [-0.1, -0.05) is 19.8 Å². The van der Waals surface area contributed by atoms with Crippen molar-refractivity contribution in [2.24, 2.45) is 4.99 Å². The molecule has 0 aliphatic rings. The Labute approximate surface area is 83.5 Å². The Balaban J connectivity index is 3.89. The number of ether oxygens (including phenoxy) is 1. The Kier molecular flexibility index (Phi) is 7.46. The first-order valence-electron chi connectivity index (χ1n) is 4.66. The van der Waals surface area contributed by atoms with E-state index in [1.54, 1.807) is 0 Å². The van der Waals surface area contributed by atoms with E-state index in [0.29, 0.717) is 6.42 Å². The first kappa shape index (κ1) is 12.7. The number of hydrogen-bond acceptors (Lipinski definition) is 4. The third-order valence-electron chi connectivity index (χ3n) is 1.76. The van der Waals surface area contributed by atoms with Gasteiger partial charge in [0.1, 0.15) is 6.17 Å². The molecule has 0 fully saturated rings. The summed E-state index contributed by atoms with van der Waals surface area (Å²) in [5.41, 5.74) is 0. The van der Waals surface area contributed by atoms with Crippen LogP contribution in [0.25, 0.3) is 0 Å². The molecule has 1 N–H and O–H groups in total. The van der Waals surface area contributed by atoms with Crippen LogP contribution >= 0.6 is 0 Å². The van der Waals surface area contributed by atoms with Gasteiger partial charge in [-0.05, 0) is 12.8 Å². The van der Waals surface area contributed by atoms with Gasteiger partial charge in [-0.25, -0.2) is 9.59 Å². The molecule has 5 nitrogen and oxygen atoms in total. The van der Waals surface area contributed by atoms with Crippen LogP contribution in [0.15, 0.2) is 4.99 Å². The van der Waals surface area contributed by atoms with Crippen molar-refractivity contribution in [1.29, 1.82) is 0 Å². The molecule has 0 saturated heterocycles. The Bertz CT molecular complexity index is 212. The molecule has 0 saturated carbocycles. The standard InChI is InChI=1S/C9H16N2O3/c1-3-4-5-6-8(10-7-12)11-9(13)14-2/h8H,3-6H2,1-2H3,(H,11,13). The van der Waals surface area contributed by atoms with Crippen LogP contribution in [0.3, 0.4) is 0 Å². The van der Waals surface area contributed by atoms with Gasteiger partial charge in [-0.2, -0.15) is 4.99 Å². The zero-order valence-corrected chi connectivity index (χ0v) is 8.58. The summed E-state index contributed by atoms with van der Waals surface area (Å²) in [6, 6.07) is 0. The highest BCUT2D eigenvalue weighted by molar-refractivity contribution is 5.67. The van der Waals surface area contributed by atoms with E-state index in [9.17, 15) is 9.59 Å². The molecule has 0 aliphatic heterocycles. The molecule has 0 heterocycles. The number of nitrogens with zero attached hydrogens (tertiary/aromatic N) is 1. The van der Waals surface area contributed by atoms with Gasteiger partial charge in [0.25, 0.3) is 0 Å². The van der Waals surface area contributed by atoms with E-state index in [0.717, 1.165) is 19.3 Å². The Hall–Kier alpha value is -1.35. The summed E-state index contributed by atoms with van der Waals surface area (Å²) in [6.45, 7) is 2.08. The average molecular weight is 200 g/mol. The van der Waals surface area contributed by atoms with Crippen LogP contribution < -0.4 is 5.32 Å². The summed E-state index contributed by atoms with van der Waals surface area (Å²) in [7, 11) is 1.27. The maximum absolute atomic E-state index is 10.8. The topological polar surface area (TPSA) is 67.8 Å². The van der Waals surface area contributed by atoms with E-state index in [1.165, 1.54) is 13.2 Å². The van der Waals surface area contributed by atoms with Gasteiger partial charge in [0.05, 0.1) is 7.11 Å². The Morgan fingerprint density at radius 1 is 1.57 bits per heavy atom. The number of aliphatic imine (C=N–C) groups is 1. The first-order chi connectivity index (χ1) is 6.74. The molecule has 0 bridgehead atoms. The summed E-state index contributed by atoms with van der Waals surface area (Å²) in [6.07, 6.45) is 4.02. The van der Waals surface area contributed by atoms with Gasteiger partial charge >= 0.3 is 6.09 Å². The maximum Gasteiger partial charge on any atom is 0.408 e. The van der Waals surface area contributed by atoms with E-state index in [2.05, 4.69) is 22.0 Å². The second-order valence-corrected chi connectivity index (χ2v) is 2.87. The van der Waals surface area contributed by atoms with E-state index in [4.69, 9.17) is 0 Å². The van der Waals surface area contributed by atoms with Crippen molar-refractivity contribution in [2.45, 2.75) is 38.8 Å². The van der Waals surface area contributed by atoms with Gasteiger partial charge in [0.2, 0.25) is 6.08 Å². The minimum absolute atomic E-state index is 0.508. The van der Waals surface area contributed by atoms with Crippen molar-refractivity contribution in [2.75, 3.05) is 7.11 Å². The molecular weight excluding hydrogens is 184 g/mol. The number of hydrogen-bond donors (Lipinski definition) is 1. The van der Waals surface area contributed by atoms with Gasteiger partial charge in [0.15, 0.2) is 0 Å². The van der Waals surface area contributed by atoms with Gasteiger partial charge in [0, 0.05) is 0 Å². The molecule has 1 unspecified atom stereocenters. The number of carbonyl (C=O) groups excluding carboxylic acids is 2. The van der Waals surface area contributed by atoms with Gasteiger partial charge in [-0.3, -0.25) is 5.32 Å². The molecule has 0 aliphatic carbocycles. The van der Waals surface area contributed by atoms with Crippen molar-refractivity contribution in [3.63, 3.8) is 0 Å². The van der Waals surface area contributed by atoms with Crippen molar-refractivity contribution >= 4 is 12.2 Å². The molecule has 0 aromatic rings. The number of isocyanates is 1. The number of methoxy groups -OCH3 is 1. The largest absolute Gasteiger partial charge is 0.453 e. The van der Waals surface area contributed by atoms with Crippen molar-refractivity contribution in [1.82, 2.24) is 5.32 Å². The van der Waals surface area contributed by atoms with Crippen LogP contribution in [0.4, 0.5) is 4.79 Å². The highest BCUT2D eigenvalue weighted by Crippen LogP contribution is 2.04. The smallest absolute Gasteiger partial charge is 0.408 e. The van der Waals surface area contributed by atoms with Crippen LogP contribution in [-0.2, 0) is 9.53 Å². The highest BCUT2D eigenvalue weighted by atomic mass is 16.5. The third kappa shape index (κ3) is 6.20. The molecule has 1 amide bonds. The molecule has 80 valence electrons. The Morgan fingerprint density at radius 3 is 2.79 bits per heavy atom. The number of alkyl carbamates (subject to hydrolysis) is 1. The minimum atomic E-state index is -0.578. The van der Waals surface area contributed by atoms with Crippen molar-refractivity contribution < 1.29 is 14.3 Å². The summed E-state index contributed by atoms with van der Waals surface area (Å²) >= 11 is 0. The minimum Gasteiger partial charge on any atom is -0.453 e. The molecule has 0 aromatic heterocycles. The number of amides is 1. The molecule has 0 radical (unpaired) electrons. The number of nitrogens with one attached hydrogen (secondary N) is 1. The lowest BCUT2D eigenvalue weighted by Gasteiger charge is -2.10. The quantitative estimate of drug-likeness (QED) is 0.402.